The zero-order chi connectivity index (χ0) is 11.5. The molecule has 2 rings (SSSR count). The van der Waals surface area contributed by atoms with Crippen molar-refractivity contribution >= 4 is 6.09 Å². The average Bonchev–Trinajstić information content (AvgIpc) is 2.33. The molecule has 1 N–H and O–H groups in total. The van der Waals surface area contributed by atoms with Crippen LogP contribution in [0.3, 0.4) is 0 Å². The molecule has 0 radical (unpaired) electrons. The second-order valence-corrected chi connectivity index (χ2v) is 3.85. The summed E-state index contributed by atoms with van der Waals surface area (Å²) in [5, 5.41) is 2.38. The predicted molar refractivity (Wildman–Crippen MR) is 58.1 cm³/mol. The van der Waals surface area contributed by atoms with Gasteiger partial charge in [0.05, 0.1) is 0 Å². The number of amides is 1. The monoisotopic (exact) mass is 223 g/mol. The van der Waals surface area contributed by atoms with Crippen LogP contribution >= 0.6 is 0 Å². The van der Waals surface area contributed by atoms with E-state index in [0.717, 1.165) is 31.2 Å². The molecular weight excluding hydrogens is 209 g/mol. The number of ether oxygens (including phenoxy) is 1. The van der Waals surface area contributed by atoms with E-state index in [1.165, 1.54) is 19.2 Å². The summed E-state index contributed by atoms with van der Waals surface area (Å²) >= 11 is 0. The van der Waals surface area contributed by atoms with Crippen LogP contribution < -0.4 is 10.1 Å². The van der Waals surface area contributed by atoms with E-state index in [0.29, 0.717) is 11.3 Å². The lowest BCUT2D eigenvalue weighted by Crippen LogP contribution is -2.23. The lowest BCUT2D eigenvalue weighted by Gasteiger charge is -2.19. The fourth-order valence-electron chi connectivity index (χ4n) is 2.04. The third-order valence-corrected chi connectivity index (χ3v) is 2.84. The molecule has 0 aromatic heterocycles. The Morgan fingerprint density at radius 3 is 2.69 bits per heavy atom. The number of hydrogen-bond acceptors (Lipinski definition) is 2. The van der Waals surface area contributed by atoms with Crippen LogP contribution in [0.5, 0.6) is 5.75 Å². The highest BCUT2D eigenvalue weighted by atomic mass is 19.1. The van der Waals surface area contributed by atoms with Crippen LogP contribution in [0.15, 0.2) is 12.1 Å². The van der Waals surface area contributed by atoms with Gasteiger partial charge < -0.3 is 10.1 Å². The minimum absolute atomic E-state index is 0.195. The number of halogens is 1. The fraction of sp³-hybridized carbons (Fsp3) is 0.417. The molecule has 0 saturated heterocycles. The molecule has 1 aromatic carbocycles. The van der Waals surface area contributed by atoms with Gasteiger partial charge in [0.15, 0.2) is 0 Å². The second-order valence-electron chi connectivity index (χ2n) is 3.85. The van der Waals surface area contributed by atoms with E-state index in [4.69, 9.17) is 4.74 Å². The third kappa shape index (κ3) is 2.01. The smallest absolute Gasteiger partial charge is 0.410 e. The first-order chi connectivity index (χ1) is 7.72. The highest BCUT2D eigenvalue weighted by molar-refractivity contribution is 5.70. The van der Waals surface area contributed by atoms with Crippen molar-refractivity contribution in [3.05, 3.63) is 29.1 Å². The van der Waals surface area contributed by atoms with Crippen molar-refractivity contribution in [3.63, 3.8) is 0 Å². The molecule has 0 unspecified atom stereocenters. The van der Waals surface area contributed by atoms with E-state index in [2.05, 4.69) is 5.32 Å². The highest BCUT2D eigenvalue weighted by Crippen LogP contribution is 2.31. The first-order valence-corrected chi connectivity index (χ1v) is 5.42. The van der Waals surface area contributed by atoms with Gasteiger partial charge in [0.25, 0.3) is 0 Å². The van der Waals surface area contributed by atoms with Crippen LogP contribution in [-0.4, -0.2) is 13.1 Å². The van der Waals surface area contributed by atoms with Gasteiger partial charge in [0, 0.05) is 12.6 Å². The standard InChI is InChI=1S/C12H14FNO2/c1-14-12(15)16-11-7-6-10(13)8-4-2-3-5-9(8)11/h6-7H,2-5H2,1H3,(H,14,15). The Balaban J connectivity index is 2.35. The number of carbonyl (C=O) groups excluding carboxylic acids is 1. The Bertz CT molecular complexity index is 418. The molecule has 1 amide bonds. The van der Waals surface area contributed by atoms with Gasteiger partial charge in [-0.25, -0.2) is 9.18 Å². The first-order valence-electron chi connectivity index (χ1n) is 5.42. The highest BCUT2D eigenvalue weighted by Gasteiger charge is 2.19. The van der Waals surface area contributed by atoms with Gasteiger partial charge in [-0.05, 0) is 43.4 Å². The Labute approximate surface area is 93.6 Å². The van der Waals surface area contributed by atoms with Crippen LogP contribution in [-0.2, 0) is 12.8 Å². The van der Waals surface area contributed by atoms with Crippen LogP contribution in [0.1, 0.15) is 24.0 Å². The van der Waals surface area contributed by atoms with E-state index >= 15 is 0 Å². The second kappa shape index (κ2) is 4.51. The molecule has 86 valence electrons. The summed E-state index contributed by atoms with van der Waals surface area (Å²) in [6.07, 6.45) is 3.00. The normalized spacial score (nSPS) is 14.1. The minimum Gasteiger partial charge on any atom is -0.410 e. The molecule has 0 heterocycles. The Kier molecular flexibility index (Phi) is 3.08. The summed E-state index contributed by atoms with van der Waals surface area (Å²) in [5.74, 6) is 0.286. The van der Waals surface area contributed by atoms with Gasteiger partial charge in [-0.2, -0.15) is 0 Å². The zero-order valence-electron chi connectivity index (χ0n) is 9.18. The number of rotatable bonds is 1. The van der Waals surface area contributed by atoms with Crippen molar-refractivity contribution in [2.24, 2.45) is 0 Å². The molecule has 0 saturated carbocycles. The third-order valence-electron chi connectivity index (χ3n) is 2.84. The van der Waals surface area contributed by atoms with Gasteiger partial charge in [-0.3, -0.25) is 0 Å². The molecule has 0 spiro atoms. The van der Waals surface area contributed by atoms with Crippen molar-refractivity contribution < 1.29 is 13.9 Å². The van der Waals surface area contributed by atoms with Crippen molar-refractivity contribution in [2.45, 2.75) is 25.7 Å². The average molecular weight is 223 g/mol. The van der Waals surface area contributed by atoms with E-state index in [-0.39, 0.29) is 5.82 Å². The van der Waals surface area contributed by atoms with E-state index in [1.807, 2.05) is 0 Å². The summed E-state index contributed by atoms with van der Waals surface area (Å²) in [5.41, 5.74) is 1.54. The maximum atomic E-state index is 13.5. The SMILES string of the molecule is CNC(=O)Oc1ccc(F)c2c1CCCC2. The molecule has 0 bridgehead atoms. The first kappa shape index (κ1) is 10.9. The number of nitrogens with one attached hydrogen (secondary N) is 1. The molecule has 0 atom stereocenters. The van der Waals surface area contributed by atoms with Gasteiger partial charge in [0.2, 0.25) is 0 Å². The lowest BCUT2D eigenvalue weighted by atomic mass is 9.90. The number of fused-ring (bicyclic) bond motifs is 1. The fourth-order valence-corrected chi connectivity index (χ4v) is 2.04. The maximum absolute atomic E-state index is 13.5. The van der Waals surface area contributed by atoms with Gasteiger partial charge in [-0.1, -0.05) is 0 Å². The zero-order valence-corrected chi connectivity index (χ0v) is 9.18. The van der Waals surface area contributed by atoms with Crippen LogP contribution in [0.25, 0.3) is 0 Å². The molecule has 3 nitrogen and oxygen atoms in total. The van der Waals surface area contributed by atoms with E-state index in [9.17, 15) is 9.18 Å². The summed E-state index contributed by atoms with van der Waals surface area (Å²) in [7, 11) is 1.50. The van der Waals surface area contributed by atoms with E-state index in [1.54, 1.807) is 0 Å². The molecule has 1 aliphatic rings. The molecule has 4 heteroatoms. The molecular formula is C12H14FNO2. The molecule has 0 fully saturated rings. The summed E-state index contributed by atoms with van der Waals surface area (Å²) in [6.45, 7) is 0. The van der Waals surface area contributed by atoms with Crippen molar-refractivity contribution in [1.29, 1.82) is 0 Å². The summed E-state index contributed by atoms with van der Waals surface area (Å²) in [6, 6.07) is 2.89. The Hall–Kier alpha value is -1.58. The van der Waals surface area contributed by atoms with E-state index < -0.39 is 6.09 Å². The Morgan fingerprint density at radius 2 is 2.00 bits per heavy atom. The maximum Gasteiger partial charge on any atom is 0.412 e. The van der Waals surface area contributed by atoms with Crippen LogP contribution in [0.4, 0.5) is 9.18 Å². The minimum atomic E-state index is -0.514. The Morgan fingerprint density at radius 1 is 1.31 bits per heavy atom. The largest absolute Gasteiger partial charge is 0.412 e. The van der Waals surface area contributed by atoms with Crippen molar-refractivity contribution in [1.82, 2.24) is 5.32 Å². The number of hydrogen-bond donors (Lipinski definition) is 1. The van der Waals surface area contributed by atoms with Crippen LogP contribution in [0.2, 0.25) is 0 Å². The topological polar surface area (TPSA) is 38.3 Å². The van der Waals surface area contributed by atoms with Crippen molar-refractivity contribution in [3.8, 4) is 5.75 Å². The lowest BCUT2D eigenvalue weighted by molar-refractivity contribution is 0.202. The number of carbonyl (C=O) groups is 1. The molecule has 1 aromatic rings. The summed E-state index contributed by atoms with van der Waals surface area (Å²) in [4.78, 5) is 11.1. The van der Waals surface area contributed by atoms with Crippen molar-refractivity contribution in [2.75, 3.05) is 7.05 Å². The molecule has 1 aliphatic carbocycles. The predicted octanol–water partition coefficient (Wildman–Crippen LogP) is 2.42. The number of benzene rings is 1. The summed E-state index contributed by atoms with van der Waals surface area (Å²) < 4.78 is 18.6. The van der Waals surface area contributed by atoms with Crippen LogP contribution in [0, 0.1) is 5.82 Å². The van der Waals surface area contributed by atoms with Gasteiger partial charge in [0.1, 0.15) is 11.6 Å². The molecule has 0 aliphatic heterocycles. The molecule has 16 heavy (non-hydrogen) atoms. The van der Waals surface area contributed by atoms with Gasteiger partial charge >= 0.3 is 6.09 Å². The van der Waals surface area contributed by atoms with Gasteiger partial charge in [-0.15, -0.1) is 0 Å². The quantitative estimate of drug-likeness (QED) is 0.794.